The first-order chi connectivity index (χ1) is 9.49. The predicted molar refractivity (Wildman–Crippen MR) is 76.4 cm³/mol. The zero-order chi connectivity index (χ0) is 14.7. The van der Waals surface area contributed by atoms with Gasteiger partial charge in [0.25, 0.3) is 0 Å². The first kappa shape index (κ1) is 14.6. The molecule has 0 unspecified atom stereocenters. The van der Waals surface area contributed by atoms with Crippen LogP contribution in [0.25, 0.3) is 0 Å². The number of halogens is 3. The molecule has 0 saturated heterocycles. The molecule has 2 N–H and O–H groups in total. The number of ether oxygens (including phenoxy) is 1. The molecule has 6 heteroatoms. The van der Waals surface area contributed by atoms with Crippen molar-refractivity contribution in [2.75, 3.05) is 5.73 Å². The molecule has 2 aromatic rings. The minimum Gasteiger partial charge on any atom is -0.457 e. The van der Waals surface area contributed by atoms with Gasteiger partial charge in [-0.1, -0.05) is 29.3 Å². The van der Waals surface area contributed by atoms with Gasteiger partial charge in [-0.2, -0.15) is 0 Å². The molecule has 0 fully saturated rings. The monoisotopic (exact) mass is 313 g/mol. The molecule has 104 valence electrons. The molecule has 0 aliphatic rings. The molecule has 2 aromatic carbocycles. The van der Waals surface area contributed by atoms with E-state index in [0.29, 0.717) is 15.6 Å². The molecular formula is C14H10Cl2FNO2. The van der Waals surface area contributed by atoms with Crippen molar-refractivity contribution in [2.45, 2.75) is 6.61 Å². The van der Waals surface area contributed by atoms with Gasteiger partial charge in [0.05, 0.1) is 5.56 Å². The average molecular weight is 314 g/mol. The third-order valence-electron chi connectivity index (χ3n) is 2.62. The number of anilines is 1. The van der Waals surface area contributed by atoms with Crippen LogP contribution in [0.2, 0.25) is 10.0 Å². The summed E-state index contributed by atoms with van der Waals surface area (Å²) in [5.41, 5.74) is 6.01. The maximum absolute atomic E-state index is 13.5. The van der Waals surface area contributed by atoms with Crippen LogP contribution in [0.4, 0.5) is 10.1 Å². The minimum atomic E-state index is -0.828. The van der Waals surface area contributed by atoms with Gasteiger partial charge in [-0.05, 0) is 30.3 Å². The van der Waals surface area contributed by atoms with Crippen molar-refractivity contribution in [1.82, 2.24) is 0 Å². The van der Waals surface area contributed by atoms with Crippen molar-refractivity contribution in [3.63, 3.8) is 0 Å². The Bertz CT molecular complexity index is 641. The second kappa shape index (κ2) is 6.11. The second-order valence-electron chi connectivity index (χ2n) is 4.02. The fourth-order valence-electron chi connectivity index (χ4n) is 1.59. The highest BCUT2D eigenvalue weighted by atomic mass is 35.5. The van der Waals surface area contributed by atoms with Gasteiger partial charge < -0.3 is 10.5 Å². The van der Waals surface area contributed by atoms with Crippen molar-refractivity contribution < 1.29 is 13.9 Å². The maximum atomic E-state index is 13.5. The van der Waals surface area contributed by atoms with Crippen LogP contribution in [0.5, 0.6) is 0 Å². The number of esters is 1. The summed E-state index contributed by atoms with van der Waals surface area (Å²) in [4.78, 5) is 11.8. The van der Waals surface area contributed by atoms with Gasteiger partial charge in [0.15, 0.2) is 0 Å². The second-order valence-corrected chi connectivity index (χ2v) is 4.83. The zero-order valence-electron chi connectivity index (χ0n) is 10.2. The number of carbonyl (C=O) groups excluding carboxylic acids is 1. The molecule has 0 saturated carbocycles. The Morgan fingerprint density at radius 1 is 1.20 bits per heavy atom. The molecule has 0 aliphatic carbocycles. The van der Waals surface area contributed by atoms with Crippen LogP contribution >= 0.6 is 23.2 Å². The van der Waals surface area contributed by atoms with E-state index in [1.807, 2.05) is 0 Å². The molecule has 0 bridgehead atoms. The molecule has 0 heterocycles. The van der Waals surface area contributed by atoms with E-state index in [1.54, 1.807) is 18.2 Å². The quantitative estimate of drug-likeness (QED) is 0.686. The first-order valence-electron chi connectivity index (χ1n) is 5.64. The van der Waals surface area contributed by atoms with Gasteiger partial charge in [0.1, 0.15) is 12.4 Å². The molecule has 20 heavy (non-hydrogen) atoms. The maximum Gasteiger partial charge on any atom is 0.341 e. The number of nitrogen functional groups attached to an aromatic ring is 1. The Balaban J connectivity index is 2.15. The summed E-state index contributed by atoms with van der Waals surface area (Å²) in [5, 5.41) is 0.747. The summed E-state index contributed by atoms with van der Waals surface area (Å²) < 4.78 is 18.5. The van der Waals surface area contributed by atoms with Crippen LogP contribution < -0.4 is 5.73 Å². The normalized spacial score (nSPS) is 10.3. The van der Waals surface area contributed by atoms with Gasteiger partial charge >= 0.3 is 5.97 Å². The van der Waals surface area contributed by atoms with E-state index in [-0.39, 0.29) is 17.9 Å². The molecule has 0 atom stereocenters. The van der Waals surface area contributed by atoms with Gasteiger partial charge in [-0.15, -0.1) is 0 Å². The van der Waals surface area contributed by atoms with E-state index in [0.717, 1.165) is 6.07 Å². The van der Waals surface area contributed by atoms with Crippen molar-refractivity contribution in [1.29, 1.82) is 0 Å². The van der Waals surface area contributed by atoms with Crippen LogP contribution in [0.3, 0.4) is 0 Å². The predicted octanol–water partition coefficient (Wildman–Crippen LogP) is 4.07. The fraction of sp³-hybridized carbons (Fsp3) is 0.0714. The summed E-state index contributed by atoms with van der Waals surface area (Å²) in [5.74, 6) is -1.53. The molecule has 0 aromatic heterocycles. The van der Waals surface area contributed by atoms with Crippen molar-refractivity contribution >= 4 is 34.9 Å². The Kier molecular flexibility index (Phi) is 4.47. The van der Waals surface area contributed by atoms with E-state index in [2.05, 4.69) is 0 Å². The highest BCUT2D eigenvalue weighted by Crippen LogP contribution is 2.25. The van der Waals surface area contributed by atoms with Crippen LogP contribution in [0, 0.1) is 5.82 Å². The van der Waals surface area contributed by atoms with Gasteiger partial charge in [0, 0.05) is 21.3 Å². The standard InChI is InChI=1S/C14H10Cl2FNO2/c15-11-2-1-3-12(16)10(11)7-20-14(19)9-6-8(18)4-5-13(9)17/h1-6H,7,18H2. The van der Waals surface area contributed by atoms with Gasteiger partial charge in [-0.25, -0.2) is 9.18 Å². The third-order valence-corrected chi connectivity index (χ3v) is 3.33. The highest BCUT2D eigenvalue weighted by Gasteiger charge is 2.15. The lowest BCUT2D eigenvalue weighted by molar-refractivity contribution is 0.0467. The highest BCUT2D eigenvalue weighted by molar-refractivity contribution is 6.35. The minimum absolute atomic E-state index is 0.147. The summed E-state index contributed by atoms with van der Waals surface area (Å²) in [7, 11) is 0. The molecule has 0 radical (unpaired) electrons. The molecular weight excluding hydrogens is 304 g/mol. The van der Waals surface area contributed by atoms with Crippen molar-refractivity contribution in [2.24, 2.45) is 0 Å². The summed E-state index contributed by atoms with van der Waals surface area (Å²) in [6.45, 7) is -0.147. The Morgan fingerprint density at radius 3 is 2.50 bits per heavy atom. The molecule has 3 nitrogen and oxygen atoms in total. The SMILES string of the molecule is Nc1ccc(F)c(C(=O)OCc2c(Cl)cccc2Cl)c1. The third kappa shape index (κ3) is 3.21. The van der Waals surface area contributed by atoms with Gasteiger partial charge in [0.2, 0.25) is 0 Å². The van der Waals surface area contributed by atoms with Crippen LogP contribution in [0.1, 0.15) is 15.9 Å². The van der Waals surface area contributed by atoms with E-state index in [4.69, 9.17) is 33.7 Å². The summed E-state index contributed by atoms with van der Waals surface area (Å²) in [6, 6.07) is 8.60. The lowest BCUT2D eigenvalue weighted by Gasteiger charge is -2.09. The fourth-order valence-corrected chi connectivity index (χ4v) is 2.09. The number of nitrogens with two attached hydrogens (primary N) is 1. The number of hydrogen-bond acceptors (Lipinski definition) is 3. The van der Waals surface area contributed by atoms with Crippen molar-refractivity contribution in [3.8, 4) is 0 Å². The lowest BCUT2D eigenvalue weighted by atomic mass is 10.2. The Labute approximate surface area is 125 Å². The number of carbonyl (C=O) groups is 1. The molecule has 0 aliphatic heterocycles. The van der Waals surface area contributed by atoms with Crippen LogP contribution in [-0.2, 0) is 11.3 Å². The van der Waals surface area contributed by atoms with E-state index < -0.39 is 11.8 Å². The van der Waals surface area contributed by atoms with E-state index in [1.165, 1.54) is 12.1 Å². The summed E-state index contributed by atoms with van der Waals surface area (Å²) >= 11 is 11.9. The molecule has 0 spiro atoms. The molecule has 0 amide bonds. The largest absolute Gasteiger partial charge is 0.457 e. The van der Waals surface area contributed by atoms with Crippen LogP contribution in [0.15, 0.2) is 36.4 Å². The topological polar surface area (TPSA) is 52.3 Å². The van der Waals surface area contributed by atoms with E-state index >= 15 is 0 Å². The first-order valence-corrected chi connectivity index (χ1v) is 6.39. The lowest BCUT2D eigenvalue weighted by Crippen LogP contribution is -2.08. The number of hydrogen-bond donors (Lipinski definition) is 1. The van der Waals surface area contributed by atoms with Gasteiger partial charge in [-0.3, -0.25) is 0 Å². The zero-order valence-corrected chi connectivity index (χ0v) is 11.7. The summed E-state index contributed by atoms with van der Waals surface area (Å²) in [6.07, 6.45) is 0. The number of rotatable bonds is 3. The molecule has 2 rings (SSSR count). The van der Waals surface area contributed by atoms with Crippen molar-refractivity contribution in [3.05, 3.63) is 63.4 Å². The number of benzene rings is 2. The average Bonchev–Trinajstić information content (AvgIpc) is 2.40. The Morgan fingerprint density at radius 2 is 1.85 bits per heavy atom. The van der Waals surface area contributed by atoms with Crippen LogP contribution in [-0.4, -0.2) is 5.97 Å². The Hall–Kier alpha value is -1.78. The smallest absolute Gasteiger partial charge is 0.341 e. The van der Waals surface area contributed by atoms with E-state index in [9.17, 15) is 9.18 Å².